The highest BCUT2D eigenvalue weighted by atomic mass is 35.5. The predicted molar refractivity (Wildman–Crippen MR) is 97.5 cm³/mol. The summed E-state index contributed by atoms with van der Waals surface area (Å²) in [5.74, 6) is 0.406. The minimum absolute atomic E-state index is 0.190. The van der Waals surface area contributed by atoms with Gasteiger partial charge in [0.2, 0.25) is 0 Å². The summed E-state index contributed by atoms with van der Waals surface area (Å²) >= 11 is 13.4. The number of thioether (sulfide) groups is 1. The van der Waals surface area contributed by atoms with Crippen molar-refractivity contribution in [2.24, 2.45) is 0 Å². The highest BCUT2D eigenvalue weighted by molar-refractivity contribution is 7.99. The van der Waals surface area contributed by atoms with Gasteiger partial charge in [0, 0.05) is 22.9 Å². The first-order chi connectivity index (χ1) is 11.1. The Hall–Kier alpha value is -0.490. The Morgan fingerprint density at radius 1 is 1.43 bits per heavy atom. The molecule has 0 fully saturated rings. The van der Waals surface area contributed by atoms with Crippen LogP contribution in [0, 0.1) is 0 Å². The van der Waals surface area contributed by atoms with E-state index >= 15 is 0 Å². The molecule has 1 rings (SSSR count). The summed E-state index contributed by atoms with van der Waals surface area (Å²) < 4.78 is 5.33. The quantitative estimate of drug-likeness (QED) is 0.264. The number of carbonyl (C=O) groups is 1. The minimum atomic E-state index is -0.190. The second-order valence-corrected chi connectivity index (χ2v) is 6.98. The molecule has 0 aromatic carbocycles. The smallest absolute Gasteiger partial charge is 0.306 e. The molecule has 0 aliphatic carbocycles. The molecule has 1 N–H and O–H groups in total. The van der Waals surface area contributed by atoms with Crippen molar-refractivity contribution in [3.05, 3.63) is 22.4 Å². The first kappa shape index (κ1) is 20.6. The normalized spacial score (nSPS) is 12.2. The van der Waals surface area contributed by atoms with Crippen LogP contribution >= 0.6 is 35.0 Å². The maximum absolute atomic E-state index is 11.8. The number of rotatable bonds is 11. The Morgan fingerprint density at radius 2 is 2.22 bits per heavy atom. The lowest BCUT2D eigenvalue weighted by molar-refractivity contribution is -0.143. The van der Waals surface area contributed by atoms with Gasteiger partial charge in [0.1, 0.15) is 11.8 Å². The number of carbonyl (C=O) groups excluding carboxylic acids is 1. The van der Waals surface area contributed by atoms with Crippen molar-refractivity contribution in [2.45, 2.75) is 50.5 Å². The third-order valence-electron chi connectivity index (χ3n) is 3.28. The van der Waals surface area contributed by atoms with Gasteiger partial charge in [-0.1, -0.05) is 43.5 Å². The molecule has 0 saturated heterocycles. The van der Waals surface area contributed by atoms with Gasteiger partial charge < -0.3 is 10.1 Å². The van der Waals surface area contributed by atoms with Gasteiger partial charge in [-0.25, -0.2) is 4.98 Å². The summed E-state index contributed by atoms with van der Waals surface area (Å²) in [5.41, 5.74) is 0. The van der Waals surface area contributed by atoms with E-state index in [0.29, 0.717) is 23.8 Å². The van der Waals surface area contributed by atoms with Gasteiger partial charge in [0.05, 0.1) is 11.4 Å². The maximum Gasteiger partial charge on any atom is 0.306 e. The average Bonchev–Trinajstić information content (AvgIpc) is 2.54. The van der Waals surface area contributed by atoms with Crippen molar-refractivity contribution >= 4 is 40.9 Å². The van der Waals surface area contributed by atoms with Crippen LogP contribution in [0.25, 0.3) is 0 Å². The van der Waals surface area contributed by atoms with Gasteiger partial charge in [0.15, 0.2) is 0 Å². The molecular weight excluding hydrogens is 355 g/mol. The molecule has 1 aromatic heterocycles. The number of nitrogens with one attached hydrogen (secondary N) is 1. The van der Waals surface area contributed by atoms with Crippen LogP contribution in [0.15, 0.2) is 17.2 Å². The zero-order valence-corrected chi connectivity index (χ0v) is 15.9. The number of hydrogen-bond acceptors (Lipinski definition) is 5. The van der Waals surface area contributed by atoms with E-state index in [2.05, 4.69) is 24.1 Å². The fraction of sp³-hybridized carbons (Fsp3) is 0.625. The van der Waals surface area contributed by atoms with Crippen molar-refractivity contribution in [3.63, 3.8) is 0 Å². The van der Waals surface area contributed by atoms with Crippen molar-refractivity contribution in [3.8, 4) is 0 Å². The molecule has 1 atom stereocenters. The number of aromatic nitrogens is 1. The third kappa shape index (κ3) is 8.25. The topological polar surface area (TPSA) is 51.2 Å². The van der Waals surface area contributed by atoms with Gasteiger partial charge in [-0.05, 0) is 25.5 Å². The van der Waals surface area contributed by atoms with Crippen LogP contribution in [0.2, 0.25) is 10.2 Å². The predicted octanol–water partition coefficient (Wildman–Crippen LogP) is 4.58. The van der Waals surface area contributed by atoms with Crippen molar-refractivity contribution in [2.75, 3.05) is 18.9 Å². The summed E-state index contributed by atoms with van der Waals surface area (Å²) in [6, 6.07) is 2.02. The molecule has 23 heavy (non-hydrogen) atoms. The molecule has 7 heteroatoms. The molecular formula is C16H24Cl2N2O2S. The Kier molecular flexibility index (Phi) is 10.7. The Bertz CT molecular complexity index is 489. The van der Waals surface area contributed by atoms with Crippen LogP contribution in [-0.4, -0.2) is 35.9 Å². The summed E-state index contributed by atoms with van der Waals surface area (Å²) in [5, 5.41) is 4.11. The number of halogens is 2. The van der Waals surface area contributed by atoms with E-state index in [9.17, 15) is 4.79 Å². The second kappa shape index (κ2) is 12.0. The van der Waals surface area contributed by atoms with E-state index < -0.39 is 0 Å². The molecule has 0 aliphatic heterocycles. The van der Waals surface area contributed by atoms with Crippen LogP contribution in [0.4, 0.5) is 0 Å². The lowest BCUT2D eigenvalue weighted by Gasteiger charge is -2.16. The summed E-state index contributed by atoms with van der Waals surface area (Å²) in [7, 11) is 0. The van der Waals surface area contributed by atoms with Gasteiger partial charge in [-0.3, -0.25) is 4.79 Å². The van der Waals surface area contributed by atoms with Gasteiger partial charge >= 0.3 is 5.97 Å². The summed E-state index contributed by atoms with van der Waals surface area (Å²) in [6.07, 6.45) is 5.17. The van der Waals surface area contributed by atoms with Gasteiger partial charge in [-0.2, -0.15) is 0 Å². The molecule has 0 radical (unpaired) electrons. The van der Waals surface area contributed by atoms with Gasteiger partial charge in [-0.15, -0.1) is 11.8 Å². The fourth-order valence-electron chi connectivity index (χ4n) is 1.83. The zero-order valence-electron chi connectivity index (χ0n) is 13.6. The number of pyridine rings is 1. The van der Waals surface area contributed by atoms with Crippen LogP contribution in [0.1, 0.15) is 39.5 Å². The average molecular weight is 379 g/mol. The molecule has 130 valence electrons. The Labute approximate surface area is 152 Å². The van der Waals surface area contributed by atoms with Crippen molar-refractivity contribution < 1.29 is 9.53 Å². The highest BCUT2D eigenvalue weighted by Crippen LogP contribution is 2.31. The van der Waals surface area contributed by atoms with E-state index in [1.54, 1.807) is 12.3 Å². The first-order valence-corrected chi connectivity index (χ1v) is 9.64. The van der Waals surface area contributed by atoms with Crippen LogP contribution in [0.5, 0.6) is 0 Å². The molecule has 0 amide bonds. The van der Waals surface area contributed by atoms with E-state index in [-0.39, 0.29) is 17.2 Å². The molecule has 0 aliphatic rings. The van der Waals surface area contributed by atoms with Crippen LogP contribution < -0.4 is 5.32 Å². The molecule has 0 saturated carbocycles. The monoisotopic (exact) mass is 378 g/mol. The summed E-state index contributed by atoms with van der Waals surface area (Å²) in [6.45, 7) is 5.63. The maximum atomic E-state index is 11.8. The van der Waals surface area contributed by atoms with Gasteiger partial charge in [0.25, 0.3) is 0 Å². The Morgan fingerprint density at radius 3 is 2.91 bits per heavy atom. The molecule has 4 nitrogen and oxygen atoms in total. The van der Waals surface area contributed by atoms with Crippen molar-refractivity contribution in [1.29, 1.82) is 0 Å². The van der Waals surface area contributed by atoms with Crippen molar-refractivity contribution in [1.82, 2.24) is 10.3 Å². The summed E-state index contributed by atoms with van der Waals surface area (Å²) in [4.78, 5) is 16.5. The van der Waals surface area contributed by atoms with E-state index in [1.807, 2.05) is 0 Å². The fourth-order valence-corrected chi connectivity index (χ4v) is 3.19. The Balaban J connectivity index is 2.24. The van der Waals surface area contributed by atoms with E-state index in [4.69, 9.17) is 27.9 Å². The van der Waals surface area contributed by atoms with E-state index in [0.717, 1.165) is 30.7 Å². The molecule has 1 heterocycles. The van der Waals surface area contributed by atoms with E-state index in [1.165, 1.54) is 11.8 Å². The highest BCUT2D eigenvalue weighted by Gasteiger charge is 2.11. The lowest BCUT2D eigenvalue weighted by atomic mass is 10.2. The number of esters is 1. The number of unbranched alkanes of at least 4 members (excludes halogenated alkanes) is 1. The molecule has 1 unspecified atom stereocenters. The first-order valence-electron chi connectivity index (χ1n) is 7.90. The van der Waals surface area contributed by atoms with Crippen LogP contribution in [-0.2, 0) is 9.53 Å². The number of hydrogen-bond donors (Lipinski definition) is 1. The largest absolute Gasteiger partial charge is 0.464 e. The third-order valence-corrected chi connectivity index (χ3v) is 5.21. The molecule has 0 bridgehead atoms. The SMILES string of the molecule is CCCCNC(CC)COC(=O)CCSc1ccnc(Cl)c1Cl. The second-order valence-electron chi connectivity index (χ2n) is 5.11. The van der Waals surface area contributed by atoms with Crippen LogP contribution in [0.3, 0.4) is 0 Å². The number of ether oxygens (including phenoxy) is 1. The molecule has 0 spiro atoms. The lowest BCUT2D eigenvalue weighted by Crippen LogP contribution is -2.34. The standard InChI is InChI=1S/C16H24Cl2N2O2S/c1-3-5-8-19-12(4-2)11-22-14(21)7-10-23-13-6-9-20-16(18)15(13)17/h6,9,12,19H,3-5,7-8,10-11H2,1-2H3. The molecule has 1 aromatic rings. The minimum Gasteiger partial charge on any atom is -0.464 e. The number of nitrogens with zero attached hydrogens (tertiary/aromatic N) is 1. The zero-order chi connectivity index (χ0) is 17.1.